The highest BCUT2D eigenvalue weighted by Gasteiger charge is 2.47. The number of carbonyl (C=O) groups is 6. The van der Waals surface area contributed by atoms with Gasteiger partial charge < -0.3 is 15.0 Å². The number of hydrogen-bond donors (Lipinski definition) is 0. The Balaban J connectivity index is 0.000000644. The summed E-state index contributed by atoms with van der Waals surface area (Å²) < 4.78 is 8.90. The summed E-state index contributed by atoms with van der Waals surface area (Å²) in [5.41, 5.74) is 8.00. The Morgan fingerprint density at radius 2 is 1.53 bits per heavy atom. The van der Waals surface area contributed by atoms with Crippen molar-refractivity contribution in [3.8, 4) is 0 Å². The molecule has 14 heteroatoms. The van der Waals surface area contributed by atoms with Crippen LogP contribution in [0.5, 0.6) is 0 Å². The third-order valence-electron chi connectivity index (χ3n) is 5.03. The van der Waals surface area contributed by atoms with Gasteiger partial charge in [0.2, 0.25) is 0 Å². The predicted molar refractivity (Wildman–Crippen MR) is 112 cm³/mol. The van der Waals surface area contributed by atoms with Gasteiger partial charge in [-0.3, -0.25) is 38.4 Å². The molecule has 1 aliphatic rings. The normalized spacial score (nSPS) is 17.0. The Bertz CT molecular complexity index is 852. The van der Waals surface area contributed by atoms with Gasteiger partial charge in [-0.05, 0) is 5.92 Å². The fraction of sp³-hybridized carbons (Fsp3) is 0.650. The minimum atomic E-state index is -0.901. The number of hydroxylamine groups is 4. The molecule has 0 spiro atoms. The van der Waals surface area contributed by atoms with Crippen LogP contribution in [0.1, 0.15) is 26.2 Å². The molecule has 190 valence electrons. The molecule has 1 rings (SSSR count). The third-order valence-corrected chi connectivity index (χ3v) is 5.03. The summed E-state index contributed by atoms with van der Waals surface area (Å²) in [5.74, 6) is -5.09. The van der Waals surface area contributed by atoms with Crippen molar-refractivity contribution in [2.24, 2.45) is 17.8 Å². The van der Waals surface area contributed by atoms with E-state index in [9.17, 15) is 28.8 Å². The first kappa shape index (κ1) is 30.5. The van der Waals surface area contributed by atoms with E-state index >= 15 is 0 Å². The molecule has 1 aliphatic carbocycles. The van der Waals surface area contributed by atoms with Crippen LogP contribution in [0.15, 0.2) is 0 Å². The van der Waals surface area contributed by atoms with Gasteiger partial charge in [0.25, 0.3) is 11.7 Å². The lowest BCUT2D eigenvalue weighted by molar-refractivity contribution is -0.181. The van der Waals surface area contributed by atoms with E-state index in [1.54, 1.807) is 0 Å². The van der Waals surface area contributed by atoms with Gasteiger partial charge in [-0.1, -0.05) is 6.92 Å². The molecule has 3 atom stereocenters. The maximum absolute atomic E-state index is 11.8. The zero-order valence-electron chi connectivity index (χ0n) is 20.2. The molecule has 1 fully saturated rings. The molecule has 14 nitrogen and oxygen atoms in total. The molecule has 0 aromatic heterocycles. The first-order valence-corrected chi connectivity index (χ1v) is 9.96. The van der Waals surface area contributed by atoms with Gasteiger partial charge in [-0.25, -0.2) is 10.1 Å². The fourth-order valence-electron chi connectivity index (χ4n) is 2.81. The van der Waals surface area contributed by atoms with Gasteiger partial charge in [-0.15, -0.1) is 0 Å². The number of Topliss-reactive ketones (excluding diaryl/α,β-unsaturated/α-hetero) is 2. The molecule has 0 saturated heterocycles. The topological polar surface area (TPSA) is 182 Å². The van der Waals surface area contributed by atoms with E-state index in [1.807, 2.05) is 0 Å². The molecule has 1 saturated carbocycles. The van der Waals surface area contributed by atoms with E-state index in [2.05, 4.69) is 19.1 Å². The molecule has 0 aromatic rings. The van der Waals surface area contributed by atoms with Crippen molar-refractivity contribution < 1.29 is 52.7 Å². The molecule has 0 bridgehead atoms. The van der Waals surface area contributed by atoms with Crippen molar-refractivity contribution in [1.29, 1.82) is 0 Å². The van der Waals surface area contributed by atoms with Crippen LogP contribution in [-0.4, -0.2) is 98.5 Å². The van der Waals surface area contributed by atoms with Crippen LogP contribution in [0.2, 0.25) is 0 Å². The summed E-state index contributed by atoms with van der Waals surface area (Å²) in [6.07, 6.45) is 0.136. The second kappa shape index (κ2) is 14.6. The number of esters is 2. The van der Waals surface area contributed by atoms with Gasteiger partial charge in [0.15, 0.2) is 0 Å². The maximum Gasteiger partial charge on any atom is 0.424 e. The number of hydrogen-bond acceptors (Lipinski definition) is 10. The molecule has 0 aromatic carbocycles. The lowest BCUT2D eigenvalue weighted by atomic mass is 9.70. The van der Waals surface area contributed by atoms with Gasteiger partial charge >= 0.3 is 23.6 Å². The highest BCUT2D eigenvalue weighted by Crippen LogP contribution is 2.35. The van der Waals surface area contributed by atoms with Crippen LogP contribution < -0.4 is 0 Å². The Hall–Kier alpha value is -3.48. The second-order valence-corrected chi connectivity index (χ2v) is 7.19. The van der Waals surface area contributed by atoms with Crippen molar-refractivity contribution in [2.75, 3.05) is 42.5 Å². The zero-order chi connectivity index (χ0) is 26.6. The van der Waals surface area contributed by atoms with E-state index in [-0.39, 0.29) is 31.0 Å². The van der Waals surface area contributed by atoms with Crippen LogP contribution >= 0.6 is 0 Å². The Morgan fingerprint density at radius 3 is 1.94 bits per heavy atom. The predicted octanol–water partition coefficient (Wildman–Crippen LogP) is -0.780. The van der Waals surface area contributed by atoms with Gasteiger partial charge in [0.1, 0.15) is 11.7 Å². The smallest absolute Gasteiger partial charge is 0.424 e. The van der Waals surface area contributed by atoms with Crippen LogP contribution in [0.3, 0.4) is 0 Å². The minimum absolute atomic E-state index is 0.0935. The molecule has 0 aliphatic heterocycles. The summed E-state index contributed by atoms with van der Waals surface area (Å²) in [5, 5.41) is 1.74. The number of rotatable bonds is 10. The van der Waals surface area contributed by atoms with E-state index in [1.165, 1.54) is 49.5 Å². The van der Waals surface area contributed by atoms with Crippen LogP contribution in [0, 0.1) is 17.8 Å². The zero-order valence-corrected chi connectivity index (χ0v) is 20.2. The second-order valence-electron chi connectivity index (χ2n) is 7.19. The first-order chi connectivity index (χ1) is 15.9. The summed E-state index contributed by atoms with van der Waals surface area (Å²) in [7, 11) is 7.71. The SMILES string of the molecule is COC(=O)C[C@@H]1CC(=O)[C@H]1C(=O)N(C)OC.COC(=O)C[C@H](C)C(=O)C(=[N+]=[N-])C(=O)N(C)OC. The molecule has 0 unspecified atom stereocenters. The molecule has 0 N–H and O–H groups in total. The van der Waals surface area contributed by atoms with Crippen molar-refractivity contribution in [1.82, 2.24) is 10.1 Å². The Labute approximate surface area is 196 Å². The largest absolute Gasteiger partial charge is 0.469 e. The average Bonchev–Trinajstić information content (AvgIpc) is 2.82. The fourth-order valence-corrected chi connectivity index (χ4v) is 2.81. The van der Waals surface area contributed by atoms with Crippen LogP contribution in [0.25, 0.3) is 5.53 Å². The molecular weight excluding hydrogens is 456 g/mol. The monoisotopic (exact) mass is 486 g/mol. The highest BCUT2D eigenvalue weighted by atomic mass is 16.7. The Kier molecular flexibility index (Phi) is 13.1. The first-order valence-electron chi connectivity index (χ1n) is 9.96. The highest BCUT2D eigenvalue weighted by molar-refractivity contribution is 6.63. The van der Waals surface area contributed by atoms with Gasteiger partial charge in [0.05, 0.1) is 34.9 Å². The molecular formula is C20H30N4O10. The molecule has 0 heterocycles. The summed E-state index contributed by atoms with van der Waals surface area (Å²) >= 11 is 0. The number of methoxy groups -OCH3 is 2. The van der Waals surface area contributed by atoms with Gasteiger partial charge in [0, 0.05) is 32.9 Å². The van der Waals surface area contributed by atoms with Crippen LogP contribution in [-0.2, 0) is 47.9 Å². The van der Waals surface area contributed by atoms with Crippen LogP contribution in [0.4, 0.5) is 0 Å². The molecule has 2 amide bonds. The van der Waals surface area contributed by atoms with Crippen molar-refractivity contribution in [2.45, 2.75) is 26.2 Å². The number of ketones is 2. The lowest BCUT2D eigenvalue weighted by Crippen LogP contribution is -2.48. The molecule has 34 heavy (non-hydrogen) atoms. The number of carbonyl (C=O) groups excluding carboxylic acids is 6. The summed E-state index contributed by atoms with van der Waals surface area (Å²) in [4.78, 5) is 80.3. The van der Waals surface area contributed by atoms with E-state index in [4.69, 9.17) is 10.4 Å². The lowest BCUT2D eigenvalue weighted by Gasteiger charge is -2.34. The van der Waals surface area contributed by atoms with E-state index in [0.29, 0.717) is 0 Å². The third kappa shape index (κ3) is 8.46. The van der Waals surface area contributed by atoms with Crippen molar-refractivity contribution in [3.63, 3.8) is 0 Å². The Morgan fingerprint density at radius 1 is 1.00 bits per heavy atom. The van der Waals surface area contributed by atoms with Crippen molar-refractivity contribution >= 4 is 41.0 Å². The maximum atomic E-state index is 11.8. The van der Waals surface area contributed by atoms with E-state index in [0.717, 1.165) is 10.1 Å². The standard InChI is InChI=1S/C10H15N3O5.C10H15NO5/c1-6(5-7(14)17-3)9(15)8(12-11)10(16)13(2)18-4;1-11(16-3)10(14)9-6(4-7(9)12)5-8(13)15-2/h6H,5H2,1-4H3;6,9H,4-5H2,1-3H3/t6-;6-,9-/m00/s1. The number of ether oxygens (including phenoxy) is 2. The molecule has 0 radical (unpaired) electrons. The number of amides is 2. The van der Waals surface area contributed by atoms with Crippen molar-refractivity contribution in [3.05, 3.63) is 5.53 Å². The number of nitrogens with zero attached hydrogens (tertiary/aromatic N) is 4. The van der Waals surface area contributed by atoms with E-state index < -0.39 is 47.1 Å². The minimum Gasteiger partial charge on any atom is -0.469 e. The van der Waals surface area contributed by atoms with Gasteiger partial charge in [-0.2, -0.15) is 4.79 Å². The summed E-state index contributed by atoms with van der Waals surface area (Å²) in [6.45, 7) is 1.42. The average molecular weight is 486 g/mol. The quantitative estimate of drug-likeness (QED) is 0.0948. The summed E-state index contributed by atoms with van der Waals surface area (Å²) in [6, 6.07) is 0.